The van der Waals surface area contributed by atoms with E-state index in [0.29, 0.717) is 41.7 Å². The highest BCUT2D eigenvalue weighted by molar-refractivity contribution is 6.46. The number of carbonyl (C=O) groups excluding carboxylic acids is 3. The number of aliphatic hydroxyl groups excluding tert-OH is 1. The molecule has 1 aliphatic rings. The Morgan fingerprint density at radius 2 is 1.86 bits per heavy atom. The van der Waals surface area contributed by atoms with Crippen LogP contribution in [0.2, 0.25) is 0 Å². The summed E-state index contributed by atoms with van der Waals surface area (Å²) in [5.74, 6) is -0.843. The van der Waals surface area contributed by atoms with Gasteiger partial charge < -0.3 is 24.4 Å². The summed E-state index contributed by atoms with van der Waals surface area (Å²) in [6.45, 7) is 8.63. The number of benzene rings is 2. The summed E-state index contributed by atoms with van der Waals surface area (Å²) >= 11 is 0. The Hall–Kier alpha value is -3.65. The first-order valence-electron chi connectivity index (χ1n) is 11.9. The number of amides is 1. The van der Waals surface area contributed by atoms with Gasteiger partial charge in [-0.05, 0) is 68.4 Å². The lowest BCUT2D eigenvalue weighted by atomic mass is 9.94. The van der Waals surface area contributed by atoms with Crippen LogP contribution in [0, 0.1) is 12.8 Å². The molecule has 3 rings (SSSR count). The summed E-state index contributed by atoms with van der Waals surface area (Å²) in [5.41, 5.74) is 1.77. The third-order valence-corrected chi connectivity index (χ3v) is 5.78. The number of likely N-dealkylation sites (N-methyl/N-ethyl adjacent to an activating group) is 1. The number of carbonyl (C=O) groups is 3. The minimum atomic E-state index is -0.836. The fraction of sp³-hybridized carbons (Fsp3) is 0.393. The van der Waals surface area contributed by atoms with E-state index >= 15 is 0 Å². The SMILES string of the molecule is CC(=O)Oc1cccc(C2/C(=C(\O)c3ccc(OCC(C)C)c(C)c3)C(=O)C(=O)N2CCN(C)C)c1. The molecule has 1 fully saturated rings. The van der Waals surface area contributed by atoms with E-state index in [9.17, 15) is 19.5 Å². The van der Waals surface area contributed by atoms with E-state index in [4.69, 9.17) is 9.47 Å². The van der Waals surface area contributed by atoms with Crippen LogP contribution in [0.4, 0.5) is 0 Å². The van der Waals surface area contributed by atoms with Gasteiger partial charge in [0.25, 0.3) is 11.7 Å². The van der Waals surface area contributed by atoms with Crippen molar-refractivity contribution in [3.8, 4) is 11.5 Å². The quantitative estimate of drug-likeness (QED) is 0.185. The third kappa shape index (κ3) is 6.12. The molecule has 192 valence electrons. The number of aryl methyl sites for hydroxylation is 1. The van der Waals surface area contributed by atoms with E-state index in [2.05, 4.69) is 13.8 Å². The van der Waals surface area contributed by atoms with E-state index in [-0.39, 0.29) is 17.9 Å². The predicted molar refractivity (Wildman–Crippen MR) is 137 cm³/mol. The average molecular weight is 495 g/mol. The number of Topliss-reactive ketones (excluding diaryl/α,β-unsaturated/α-hetero) is 1. The second kappa shape index (κ2) is 11.4. The van der Waals surface area contributed by atoms with Gasteiger partial charge in [0.05, 0.1) is 18.2 Å². The number of aliphatic hydroxyl groups is 1. The zero-order valence-corrected chi connectivity index (χ0v) is 21.7. The Bertz CT molecular complexity index is 1180. The Balaban J connectivity index is 2.10. The van der Waals surface area contributed by atoms with Gasteiger partial charge in [0.2, 0.25) is 0 Å². The lowest BCUT2D eigenvalue weighted by Crippen LogP contribution is -2.35. The Morgan fingerprint density at radius 3 is 2.47 bits per heavy atom. The number of hydrogen-bond donors (Lipinski definition) is 1. The maximum Gasteiger partial charge on any atom is 0.308 e. The smallest absolute Gasteiger partial charge is 0.308 e. The van der Waals surface area contributed by atoms with Crippen molar-refractivity contribution in [2.75, 3.05) is 33.8 Å². The molecule has 0 aromatic heterocycles. The van der Waals surface area contributed by atoms with Gasteiger partial charge in [0.1, 0.15) is 17.3 Å². The molecule has 0 saturated carbocycles. The van der Waals surface area contributed by atoms with Crippen molar-refractivity contribution in [1.29, 1.82) is 0 Å². The van der Waals surface area contributed by atoms with Crippen molar-refractivity contribution in [1.82, 2.24) is 9.80 Å². The molecule has 0 aliphatic carbocycles. The number of nitrogens with zero attached hydrogens (tertiary/aromatic N) is 2. The van der Waals surface area contributed by atoms with E-state index in [1.54, 1.807) is 42.5 Å². The molecule has 8 heteroatoms. The minimum Gasteiger partial charge on any atom is -0.507 e. The van der Waals surface area contributed by atoms with E-state index in [1.807, 2.05) is 25.9 Å². The van der Waals surface area contributed by atoms with Crippen molar-refractivity contribution in [3.63, 3.8) is 0 Å². The third-order valence-electron chi connectivity index (χ3n) is 5.78. The van der Waals surface area contributed by atoms with Gasteiger partial charge in [0.15, 0.2) is 0 Å². The summed E-state index contributed by atoms with van der Waals surface area (Å²) in [6.07, 6.45) is 0. The normalized spacial score (nSPS) is 17.2. The van der Waals surface area contributed by atoms with Gasteiger partial charge in [0, 0.05) is 25.6 Å². The van der Waals surface area contributed by atoms with Crippen LogP contribution in [0.5, 0.6) is 11.5 Å². The van der Waals surface area contributed by atoms with Gasteiger partial charge in [-0.2, -0.15) is 0 Å². The number of likely N-dealkylation sites (tertiary alicyclic amines) is 1. The number of ketones is 1. The first kappa shape index (κ1) is 26.9. The zero-order valence-electron chi connectivity index (χ0n) is 21.7. The summed E-state index contributed by atoms with van der Waals surface area (Å²) in [4.78, 5) is 41.2. The first-order valence-corrected chi connectivity index (χ1v) is 11.9. The van der Waals surface area contributed by atoms with Crippen LogP contribution < -0.4 is 9.47 Å². The topological polar surface area (TPSA) is 96.4 Å². The number of ether oxygens (including phenoxy) is 2. The van der Waals surface area contributed by atoms with Gasteiger partial charge in [-0.25, -0.2) is 0 Å². The number of hydrogen-bond acceptors (Lipinski definition) is 7. The van der Waals surface area contributed by atoms with Gasteiger partial charge >= 0.3 is 5.97 Å². The fourth-order valence-corrected chi connectivity index (χ4v) is 4.05. The average Bonchev–Trinajstić information content (AvgIpc) is 3.06. The molecular weight excluding hydrogens is 460 g/mol. The van der Waals surface area contributed by atoms with Crippen molar-refractivity contribution >= 4 is 23.4 Å². The summed E-state index contributed by atoms with van der Waals surface area (Å²) in [7, 11) is 3.75. The zero-order chi connectivity index (χ0) is 26.6. The molecule has 1 heterocycles. The second-order valence-corrected chi connectivity index (χ2v) is 9.65. The van der Waals surface area contributed by atoms with Gasteiger partial charge in [-0.1, -0.05) is 26.0 Å². The summed E-state index contributed by atoms with van der Waals surface area (Å²) in [5, 5.41) is 11.3. The molecule has 1 saturated heterocycles. The molecule has 0 bridgehead atoms. The number of esters is 1. The van der Waals surface area contributed by atoms with Crippen molar-refractivity contribution in [3.05, 3.63) is 64.7 Å². The molecular formula is C28H34N2O6. The molecule has 8 nitrogen and oxygen atoms in total. The van der Waals surface area contributed by atoms with Crippen LogP contribution in [0.25, 0.3) is 5.76 Å². The second-order valence-electron chi connectivity index (χ2n) is 9.65. The molecule has 2 aromatic rings. The van der Waals surface area contributed by atoms with Crippen LogP contribution >= 0.6 is 0 Å². The van der Waals surface area contributed by atoms with Crippen LogP contribution in [-0.4, -0.2) is 66.4 Å². The summed E-state index contributed by atoms with van der Waals surface area (Å²) < 4.78 is 11.1. The van der Waals surface area contributed by atoms with E-state index < -0.39 is 23.7 Å². The van der Waals surface area contributed by atoms with Gasteiger partial charge in [-0.3, -0.25) is 14.4 Å². The standard InChI is InChI=1S/C28H34N2O6/c1-17(2)16-35-23-11-10-21(14-18(23)3)26(32)24-25(20-8-7-9-22(15-20)36-19(4)31)30(13-12-29(5)6)28(34)27(24)33/h7-11,14-15,17,25,32H,12-13,16H2,1-6H3/b26-24+. The minimum absolute atomic E-state index is 0.00557. The maximum atomic E-state index is 13.2. The fourth-order valence-electron chi connectivity index (χ4n) is 4.05. The van der Waals surface area contributed by atoms with Crippen LogP contribution in [0.1, 0.15) is 43.5 Å². The Morgan fingerprint density at radius 1 is 1.14 bits per heavy atom. The van der Waals surface area contributed by atoms with Crippen molar-refractivity contribution in [2.24, 2.45) is 5.92 Å². The molecule has 2 aromatic carbocycles. The highest BCUT2D eigenvalue weighted by Gasteiger charge is 2.46. The molecule has 1 atom stereocenters. The number of rotatable bonds is 9. The first-order chi connectivity index (χ1) is 17.0. The van der Waals surface area contributed by atoms with E-state index in [0.717, 1.165) is 5.56 Å². The van der Waals surface area contributed by atoms with Gasteiger partial charge in [-0.15, -0.1) is 0 Å². The summed E-state index contributed by atoms with van der Waals surface area (Å²) in [6, 6.07) is 11.0. The predicted octanol–water partition coefficient (Wildman–Crippen LogP) is 3.94. The molecule has 0 radical (unpaired) electrons. The van der Waals surface area contributed by atoms with Crippen molar-refractivity contribution < 1.29 is 29.0 Å². The maximum absolute atomic E-state index is 13.2. The van der Waals surface area contributed by atoms with Crippen LogP contribution in [0.15, 0.2) is 48.0 Å². The largest absolute Gasteiger partial charge is 0.507 e. The molecule has 1 aliphatic heterocycles. The van der Waals surface area contributed by atoms with Crippen LogP contribution in [-0.2, 0) is 14.4 Å². The van der Waals surface area contributed by atoms with Crippen LogP contribution in [0.3, 0.4) is 0 Å². The lowest BCUT2D eigenvalue weighted by molar-refractivity contribution is -0.140. The molecule has 0 spiro atoms. The van der Waals surface area contributed by atoms with E-state index in [1.165, 1.54) is 11.8 Å². The Kier molecular flexibility index (Phi) is 8.53. The molecule has 1 N–H and O–H groups in total. The Labute approximate surface area is 212 Å². The highest BCUT2D eigenvalue weighted by atomic mass is 16.5. The molecule has 1 amide bonds. The molecule has 36 heavy (non-hydrogen) atoms. The van der Waals surface area contributed by atoms with Crippen molar-refractivity contribution in [2.45, 2.75) is 33.7 Å². The lowest BCUT2D eigenvalue weighted by Gasteiger charge is -2.26. The highest BCUT2D eigenvalue weighted by Crippen LogP contribution is 2.40. The molecule has 1 unspecified atom stereocenters. The monoisotopic (exact) mass is 494 g/mol.